The summed E-state index contributed by atoms with van der Waals surface area (Å²) >= 11 is 6.49. The van der Waals surface area contributed by atoms with Gasteiger partial charge in [-0.15, -0.1) is 0 Å². The third kappa shape index (κ3) is 14.0. The number of nitrogens with zero attached hydrogens (tertiary/aromatic N) is 4. The molecule has 4 aromatic rings. The van der Waals surface area contributed by atoms with Crippen molar-refractivity contribution < 1.29 is 14.4 Å². The third-order valence-electron chi connectivity index (χ3n) is 7.49. The van der Waals surface area contributed by atoms with Crippen LogP contribution in [0.2, 0.25) is 5.02 Å². The average molecular weight is 691 g/mol. The van der Waals surface area contributed by atoms with Gasteiger partial charge in [0.05, 0.1) is 5.41 Å². The van der Waals surface area contributed by atoms with Crippen molar-refractivity contribution in [3.63, 3.8) is 0 Å². The van der Waals surface area contributed by atoms with Gasteiger partial charge in [-0.2, -0.15) is 4.98 Å². The van der Waals surface area contributed by atoms with Gasteiger partial charge in [0.1, 0.15) is 0 Å². The van der Waals surface area contributed by atoms with Crippen LogP contribution in [0.3, 0.4) is 0 Å². The van der Waals surface area contributed by atoms with Crippen molar-refractivity contribution in [1.29, 1.82) is 0 Å². The first kappa shape index (κ1) is 39.8. The number of halogens is 1. The van der Waals surface area contributed by atoms with E-state index in [2.05, 4.69) is 46.0 Å². The summed E-state index contributed by atoms with van der Waals surface area (Å²) in [7, 11) is 0. The van der Waals surface area contributed by atoms with Crippen molar-refractivity contribution in [1.82, 2.24) is 20.0 Å². The highest BCUT2D eigenvalue weighted by Gasteiger charge is 2.41. The molecule has 2 aromatic heterocycles. The molecule has 0 atom stereocenters. The number of carboxylic acids is 1. The highest BCUT2D eigenvalue weighted by atomic mass is 35.5. The molecule has 1 aliphatic rings. The number of carbonyl (C=O) groups is 1. The number of pyridine rings is 1. The fraction of sp³-hybridized carbons (Fsp3) is 0.487. The average Bonchev–Trinajstić information content (AvgIpc) is 3.49. The molecule has 0 saturated carbocycles. The Morgan fingerprint density at radius 1 is 0.959 bits per heavy atom. The molecule has 0 radical (unpaired) electrons. The first-order valence-corrected chi connectivity index (χ1v) is 17.3. The Labute approximate surface area is 297 Å². The molecular formula is C39H55ClN6O3. The van der Waals surface area contributed by atoms with Gasteiger partial charge in [-0.1, -0.05) is 67.0 Å². The van der Waals surface area contributed by atoms with E-state index in [1.807, 2.05) is 90.1 Å². The standard InChI is InChI=1S/C31H33ClN4O3.2C4H11N/c1-21(2)17-24-10-11-25(18-27(24)32)29-34-28(35-39-29)23-8-6-22(7-9-23)20-36-15-12-31(13-16-36,30(37)38)19-26-5-3-4-14-33-26;2*1-4(2,3)5/h3-11,14,18,21H,12-13,15-17,19-20H2,1-2H3,(H,37,38);2*5H2,1-3H3. The van der Waals surface area contributed by atoms with Crippen molar-refractivity contribution >= 4 is 17.6 Å². The summed E-state index contributed by atoms with van der Waals surface area (Å²) in [4.78, 5) is 23.5. The SMILES string of the molecule is CC(C)(C)N.CC(C)(C)N.CC(C)Cc1ccc(-c2nc(-c3ccc(CN4CCC(Cc5ccccn5)(C(=O)O)CC4)cc3)no2)cc1Cl. The quantitative estimate of drug-likeness (QED) is 0.159. The number of hydrogen-bond donors (Lipinski definition) is 3. The van der Waals surface area contributed by atoms with Gasteiger partial charge in [-0.3, -0.25) is 14.7 Å². The fourth-order valence-corrected chi connectivity index (χ4v) is 5.47. The Hall–Kier alpha value is -3.63. The number of aromatic nitrogens is 3. The summed E-state index contributed by atoms with van der Waals surface area (Å²) in [5, 5.41) is 14.9. The number of nitrogens with two attached hydrogens (primary N) is 2. The van der Waals surface area contributed by atoms with E-state index >= 15 is 0 Å². The number of piperidine rings is 1. The normalized spacial score (nSPS) is 14.8. The van der Waals surface area contributed by atoms with Crippen molar-refractivity contribution in [2.24, 2.45) is 22.8 Å². The number of likely N-dealkylation sites (tertiary alicyclic amines) is 1. The van der Waals surface area contributed by atoms with Crippen molar-refractivity contribution in [2.75, 3.05) is 13.1 Å². The lowest BCUT2D eigenvalue weighted by Crippen LogP contribution is -2.45. The molecule has 2 aromatic carbocycles. The van der Waals surface area contributed by atoms with Gasteiger partial charge in [0, 0.05) is 52.1 Å². The van der Waals surface area contributed by atoms with E-state index in [9.17, 15) is 9.90 Å². The number of aliphatic carboxylic acids is 1. The molecule has 266 valence electrons. The molecule has 1 fully saturated rings. The van der Waals surface area contributed by atoms with Crippen LogP contribution in [-0.2, 0) is 24.2 Å². The van der Waals surface area contributed by atoms with Crippen LogP contribution in [-0.4, -0.2) is 55.3 Å². The van der Waals surface area contributed by atoms with Crippen molar-refractivity contribution in [3.8, 4) is 22.8 Å². The lowest BCUT2D eigenvalue weighted by molar-refractivity contribution is -0.152. The maximum atomic E-state index is 12.2. The Kier molecular flexibility index (Phi) is 14.1. The Bertz CT molecular complexity index is 1580. The predicted octanol–water partition coefficient (Wildman–Crippen LogP) is 8.05. The van der Waals surface area contributed by atoms with Crippen LogP contribution < -0.4 is 11.5 Å². The van der Waals surface area contributed by atoms with Gasteiger partial charge in [0.25, 0.3) is 5.89 Å². The maximum Gasteiger partial charge on any atom is 0.310 e. The largest absolute Gasteiger partial charge is 0.481 e. The van der Waals surface area contributed by atoms with Crippen molar-refractivity contribution in [3.05, 3.63) is 88.7 Å². The monoisotopic (exact) mass is 690 g/mol. The minimum Gasteiger partial charge on any atom is -0.481 e. The van der Waals surface area contributed by atoms with Crippen LogP contribution in [0.25, 0.3) is 22.8 Å². The predicted molar refractivity (Wildman–Crippen MR) is 199 cm³/mol. The lowest BCUT2D eigenvalue weighted by atomic mass is 9.74. The second-order valence-electron chi connectivity index (χ2n) is 15.6. The number of hydrogen-bond acceptors (Lipinski definition) is 8. The topological polar surface area (TPSA) is 144 Å². The van der Waals surface area contributed by atoms with E-state index in [0.717, 1.165) is 54.0 Å². The molecule has 5 rings (SSSR count). The molecule has 1 aliphatic heterocycles. The molecule has 0 amide bonds. The van der Waals surface area contributed by atoms with Gasteiger partial charge in [0.15, 0.2) is 0 Å². The molecule has 0 unspecified atom stereocenters. The van der Waals surface area contributed by atoms with Crippen LogP contribution >= 0.6 is 11.6 Å². The third-order valence-corrected chi connectivity index (χ3v) is 7.84. The molecule has 10 heteroatoms. The summed E-state index contributed by atoms with van der Waals surface area (Å²) < 4.78 is 5.53. The Morgan fingerprint density at radius 3 is 2.06 bits per heavy atom. The van der Waals surface area contributed by atoms with Gasteiger partial charge in [0.2, 0.25) is 5.82 Å². The lowest BCUT2D eigenvalue weighted by Gasteiger charge is -2.38. The first-order chi connectivity index (χ1) is 22.8. The van der Waals surface area contributed by atoms with Gasteiger partial charge in [-0.05, 0) is 115 Å². The Morgan fingerprint density at radius 2 is 1.55 bits per heavy atom. The zero-order chi connectivity index (χ0) is 36.4. The smallest absolute Gasteiger partial charge is 0.310 e. The fourth-order valence-electron chi connectivity index (χ4n) is 5.22. The van der Waals surface area contributed by atoms with Gasteiger partial charge < -0.3 is 21.1 Å². The number of carboxylic acid groups (broad SMARTS) is 1. The minimum atomic E-state index is -0.760. The summed E-state index contributed by atoms with van der Waals surface area (Å²) in [5.74, 6) is 0.757. The van der Waals surface area contributed by atoms with E-state index in [0.29, 0.717) is 41.9 Å². The van der Waals surface area contributed by atoms with E-state index in [-0.39, 0.29) is 11.1 Å². The summed E-state index contributed by atoms with van der Waals surface area (Å²) in [6.07, 6.45) is 4.31. The van der Waals surface area contributed by atoms with E-state index in [1.165, 1.54) is 0 Å². The Balaban J connectivity index is 0.000000571. The molecule has 49 heavy (non-hydrogen) atoms. The molecule has 5 N–H and O–H groups in total. The highest BCUT2D eigenvalue weighted by molar-refractivity contribution is 6.31. The van der Waals surface area contributed by atoms with Crippen LogP contribution in [0.5, 0.6) is 0 Å². The van der Waals surface area contributed by atoms with E-state index < -0.39 is 11.4 Å². The van der Waals surface area contributed by atoms with Gasteiger partial charge in [-0.25, -0.2) is 0 Å². The zero-order valence-electron chi connectivity index (χ0n) is 30.5. The number of rotatable bonds is 9. The first-order valence-electron chi connectivity index (χ1n) is 17.0. The molecular weight excluding hydrogens is 636 g/mol. The van der Waals surface area contributed by atoms with Crippen molar-refractivity contribution in [2.45, 2.75) is 98.7 Å². The highest BCUT2D eigenvalue weighted by Crippen LogP contribution is 2.36. The zero-order valence-corrected chi connectivity index (χ0v) is 31.2. The minimum absolute atomic E-state index is 0. The molecule has 9 nitrogen and oxygen atoms in total. The second kappa shape index (κ2) is 17.3. The molecule has 0 spiro atoms. The summed E-state index contributed by atoms with van der Waals surface area (Å²) in [5.41, 5.74) is 14.7. The van der Waals surface area contributed by atoms with Crippen LogP contribution in [0, 0.1) is 11.3 Å². The molecule has 1 saturated heterocycles. The maximum absolute atomic E-state index is 12.2. The second-order valence-corrected chi connectivity index (χ2v) is 16.0. The van der Waals surface area contributed by atoms with Gasteiger partial charge >= 0.3 is 5.97 Å². The summed E-state index contributed by atoms with van der Waals surface area (Å²) in [6, 6.07) is 19.7. The van der Waals surface area contributed by atoms with Crippen LogP contribution in [0.15, 0.2) is 71.4 Å². The number of benzene rings is 2. The van der Waals surface area contributed by atoms with E-state index in [1.54, 1.807) is 6.20 Å². The molecule has 0 bridgehead atoms. The van der Waals surface area contributed by atoms with Crippen LogP contribution in [0.4, 0.5) is 0 Å². The van der Waals surface area contributed by atoms with Crippen LogP contribution in [0.1, 0.15) is 85.1 Å². The van der Waals surface area contributed by atoms with E-state index in [4.69, 9.17) is 27.6 Å². The molecule has 3 heterocycles. The summed E-state index contributed by atoms with van der Waals surface area (Å²) in [6.45, 7) is 18.3. The molecule has 0 aliphatic carbocycles.